The van der Waals surface area contributed by atoms with Crippen molar-refractivity contribution >= 4 is 11.9 Å². The molecule has 0 saturated heterocycles. The number of carbonyl (C=O) groups excluding carboxylic acids is 1. The molecule has 0 heterocycles. The Labute approximate surface area is 95.4 Å². The van der Waals surface area contributed by atoms with E-state index in [4.69, 9.17) is 10.8 Å². The van der Waals surface area contributed by atoms with Gasteiger partial charge >= 0.3 is 5.97 Å². The maximum absolute atomic E-state index is 11.9. The molecule has 4 N–H and O–H groups in total. The van der Waals surface area contributed by atoms with Crippen LogP contribution in [0.15, 0.2) is 0 Å². The molecule has 0 aromatic heterocycles. The fraction of sp³-hybridized carbons (Fsp3) is 0.818. The minimum atomic E-state index is -1.01. The van der Waals surface area contributed by atoms with Crippen molar-refractivity contribution in [2.45, 2.75) is 38.6 Å². The molecule has 2 unspecified atom stereocenters. The Morgan fingerprint density at radius 2 is 2.06 bits per heavy atom. The lowest BCUT2D eigenvalue weighted by Crippen LogP contribution is -2.45. The van der Waals surface area contributed by atoms with Crippen molar-refractivity contribution in [3.05, 3.63) is 0 Å². The summed E-state index contributed by atoms with van der Waals surface area (Å²) in [6.07, 6.45) is 3.92. The zero-order chi connectivity index (χ0) is 12.1. The Morgan fingerprint density at radius 3 is 2.62 bits per heavy atom. The predicted octanol–water partition coefficient (Wildman–Crippen LogP) is 0.341. The molecule has 0 radical (unpaired) electrons. The van der Waals surface area contributed by atoms with Gasteiger partial charge in [0.1, 0.15) is 6.04 Å². The van der Waals surface area contributed by atoms with Crippen LogP contribution in [-0.2, 0) is 9.59 Å². The van der Waals surface area contributed by atoms with Crippen molar-refractivity contribution < 1.29 is 14.7 Å². The topological polar surface area (TPSA) is 92.4 Å². The van der Waals surface area contributed by atoms with Gasteiger partial charge in [-0.25, -0.2) is 0 Å². The summed E-state index contributed by atoms with van der Waals surface area (Å²) in [7, 11) is 0. The summed E-state index contributed by atoms with van der Waals surface area (Å²) in [4.78, 5) is 22.5. The van der Waals surface area contributed by atoms with Crippen molar-refractivity contribution in [2.24, 2.45) is 17.6 Å². The highest BCUT2D eigenvalue weighted by Gasteiger charge is 2.31. The summed E-state index contributed by atoms with van der Waals surface area (Å²) >= 11 is 0. The average Bonchev–Trinajstić information content (AvgIpc) is 2.28. The van der Waals surface area contributed by atoms with Crippen LogP contribution in [0.3, 0.4) is 0 Å². The maximum Gasteiger partial charge on any atom is 0.325 e. The van der Waals surface area contributed by atoms with Crippen LogP contribution in [0.1, 0.15) is 32.6 Å². The fourth-order valence-corrected chi connectivity index (χ4v) is 2.22. The normalized spacial score (nSPS) is 27.1. The minimum Gasteiger partial charge on any atom is -0.480 e. The van der Waals surface area contributed by atoms with Gasteiger partial charge in [-0.3, -0.25) is 9.59 Å². The second kappa shape index (κ2) is 5.84. The second-order valence-electron chi connectivity index (χ2n) is 4.46. The van der Waals surface area contributed by atoms with Gasteiger partial charge in [0.25, 0.3) is 0 Å². The van der Waals surface area contributed by atoms with E-state index in [9.17, 15) is 9.59 Å². The summed E-state index contributed by atoms with van der Waals surface area (Å²) in [5.74, 6) is -1.08. The van der Waals surface area contributed by atoms with Crippen LogP contribution in [0.2, 0.25) is 0 Å². The van der Waals surface area contributed by atoms with Crippen LogP contribution >= 0.6 is 0 Å². The van der Waals surface area contributed by atoms with E-state index >= 15 is 0 Å². The van der Waals surface area contributed by atoms with Crippen molar-refractivity contribution in [3.8, 4) is 0 Å². The molecule has 0 bridgehead atoms. The van der Waals surface area contributed by atoms with Crippen LogP contribution in [0.4, 0.5) is 0 Å². The summed E-state index contributed by atoms with van der Waals surface area (Å²) in [5.41, 5.74) is 5.63. The molecule has 1 aliphatic carbocycles. The van der Waals surface area contributed by atoms with Gasteiger partial charge in [-0.2, -0.15) is 0 Å². The Morgan fingerprint density at radius 1 is 1.44 bits per heavy atom. The summed E-state index contributed by atoms with van der Waals surface area (Å²) < 4.78 is 0. The number of nitrogens with two attached hydrogens (primary N) is 1. The quantitative estimate of drug-likeness (QED) is 0.647. The molecular weight excluding hydrogens is 208 g/mol. The van der Waals surface area contributed by atoms with Crippen LogP contribution in [0.5, 0.6) is 0 Å². The number of hydrogen-bond donors (Lipinski definition) is 3. The summed E-state index contributed by atoms with van der Waals surface area (Å²) in [6.45, 7) is 1.97. The summed E-state index contributed by atoms with van der Waals surface area (Å²) in [6, 6.07) is -0.826. The number of amides is 1. The number of carbonyl (C=O) groups is 2. The van der Waals surface area contributed by atoms with Gasteiger partial charge in [0, 0.05) is 5.92 Å². The second-order valence-corrected chi connectivity index (χ2v) is 4.46. The van der Waals surface area contributed by atoms with Gasteiger partial charge < -0.3 is 16.2 Å². The Balaban J connectivity index is 2.54. The van der Waals surface area contributed by atoms with Gasteiger partial charge in [0.2, 0.25) is 5.91 Å². The van der Waals surface area contributed by atoms with Crippen LogP contribution in [0.25, 0.3) is 0 Å². The first-order valence-electron chi connectivity index (χ1n) is 5.79. The first kappa shape index (κ1) is 13.0. The lowest BCUT2D eigenvalue weighted by Gasteiger charge is -2.30. The van der Waals surface area contributed by atoms with Crippen molar-refractivity contribution in [2.75, 3.05) is 6.54 Å². The number of carboxylic acid groups (broad SMARTS) is 1. The molecule has 0 aromatic rings. The third-order valence-electron chi connectivity index (χ3n) is 3.28. The van der Waals surface area contributed by atoms with Gasteiger partial charge in [-0.05, 0) is 32.2 Å². The molecule has 0 aromatic carbocycles. The molecule has 92 valence electrons. The number of hydrogen-bond acceptors (Lipinski definition) is 3. The molecule has 1 rings (SSSR count). The number of nitrogens with one attached hydrogen (secondary N) is 1. The summed E-state index contributed by atoms with van der Waals surface area (Å²) in [5, 5.41) is 11.2. The van der Waals surface area contributed by atoms with Crippen LogP contribution < -0.4 is 11.1 Å². The van der Waals surface area contributed by atoms with E-state index in [1.165, 1.54) is 6.92 Å². The molecule has 1 fully saturated rings. The van der Waals surface area contributed by atoms with E-state index in [1.54, 1.807) is 0 Å². The third kappa shape index (κ3) is 3.20. The molecule has 0 spiro atoms. The molecule has 0 aliphatic heterocycles. The van der Waals surface area contributed by atoms with Gasteiger partial charge in [0.15, 0.2) is 0 Å². The molecule has 5 heteroatoms. The van der Waals surface area contributed by atoms with Crippen molar-refractivity contribution in [1.82, 2.24) is 5.32 Å². The van der Waals surface area contributed by atoms with E-state index in [0.29, 0.717) is 6.54 Å². The highest BCUT2D eigenvalue weighted by molar-refractivity contribution is 5.84. The monoisotopic (exact) mass is 228 g/mol. The van der Waals surface area contributed by atoms with E-state index in [-0.39, 0.29) is 17.7 Å². The zero-order valence-corrected chi connectivity index (χ0v) is 9.61. The standard InChI is InChI=1S/C11H20N2O3/c1-7(11(15)16)13-10(14)9-5-3-2-4-8(9)6-12/h7-9H,2-6,12H2,1H3,(H,13,14)(H,15,16)/t7-,8?,9?/m0/s1. The van der Waals surface area contributed by atoms with E-state index in [1.807, 2.05) is 0 Å². The van der Waals surface area contributed by atoms with Crippen molar-refractivity contribution in [3.63, 3.8) is 0 Å². The molecule has 1 saturated carbocycles. The first-order valence-corrected chi connectivity index (χ1v) is 5.79. The maximum atomic E-state index is 11.9. The number of carboxylic acids is 1. The smallest absolute Gasteiger partial charge is 0.325 e. The van der Waals surface area contributed by atoms with E-state index < -0.39 is 12.0 Å². The molecular formula is C11H20N2O3. The molecule has 5 nitrogen and oxygen atoms in total. The van der Waals surface area contributed by atoms with Crippen LogP contribution in [-0.4, -0.2) is 29.6 Å². The fourth-order valence-electron chi connectivity index (χ4n) is 2.22. The highest BCUT2D eigenvalue weighted by Crippen LogP contribution is 2.29. The third-order valence-corrected chi connectivity index (χ3v) is 3.28. The lowest BCUT2D eigenvalue weighted by molar-refractivity contribution is -0.142. The molecule has 3 atom stereocenters. The number of aliphatic carboxylic acids is 1. The largest absolute Gasteiger partial charge is 0.480 e. The van der Waals surface area contributed by atoms with E-state index in [2.05, 4.69) is 5.32 Å². The lowest BCUT2D eigenvalue weighted by atomic mass is 9.78. The Hall–Kier alpha value is -1.10. The van der Waals surface area contributed by atoms with E-state index in [0.717, 1.165) is 25.7 Å². The Kier molecular flexibility index (Phi) is 4.73. The van der Waals surface area contributed by atoms with Gasteiger partial charge in [-0.1, -0.05) is 12.8 Å². The molecule has 16 heavy (non-hydrogen) atoms. The van der Waals surface area contributed by atoms with Crippen molar-refractivity contribution in [1.29, 1.82) is 0 Å². The predicted molar refractivity (Wildman–Crippen MR) is 59.7 cm³/mol. The molecule has 1 amide bonds. The number of rotatable bonds is 4. The average molecular weight is 228 g/mol. The van der Waals surface area contributed by atoms with Gasteiger partial charge in [0.05, 0.1) is 0 Å². The van der Waals surface area contributed by atoms with Gasteiger partial charge in [-0.15, -0.1) is 0 Å². The first-order chi connectivity index (χ1) is 7.56. The van der Waals surface area contributed by atoms with Crippen LogP contribution in [0, 0.1) is 11.8 Å². The molecule has 1 aliphatic rings. The highest BCUT2D eigenvalue weighted by atomic mass is 16.4. The SMILES string of the molecule is C[C@H](NC(=O)C1CCCCC1CN)C(=O)O. The zero-order valence-electron chi connectivity index (χ0n) is 9.61. The Bertz CT molecular complexity index is 268. The minimum absolute atomic E-state index is 0.111.